The number of rotatable bonds is 3. The Morgan fingerprint density at radius 3 is 2.39 bits per heavy atom. The van der Waals surface area contributed by atoms with Crippen LogP contribution in [0.15, 0.2) is 53.6 Å². The molecule has 1 rings (SSSR count). The largest absolute Gasteiger partial charge is 0.433 e. The zero-order chi connectivity index (χ0) is 13.8. The molecule has 1 aromatic rings. The number of hydrogen-bond donors (Lipinski definition) is 0. The van der Waals surface area contributed by atoms with Gasteiger partial charge in [0.2, 0.25) is 0 Å². The Balaban J connectivity index is 3.28. The third-order valence-corrected chi connectivity index (χ3v) is 2.29. The number of allylic oxidation sites excluding steroid dienone is 3. The van der Waals surface area contributed by atoms with Gasteiger partial charge < -0.3 is 0 Å². The zero-order valence-corrected chi connectivity index (χ0v) is 10.3. The number of nitrogens with zero attached hydrogens (tertiary/aromatic N) is 1. The van der Waals surface area contributed by atoms with Gasteiger partial charge in [0, 0.05) is 0 Å². The molecule has 0 heterocycles. The second-order valence-corrected chi connectivity index (χ2v) is 3.77. The maximum Gasteiger partial charge on any atom is 0.433 e. The van der Waals surface area contributed by atoms with E-state index in [0.717, 1.165) is 0 Å². The minimum atomic E-state index is -4.52. The highest BCUT2D eigenvalue weighted by Crippen LogP contribution is 2.27. The lowest BCUT2D eigenvalue weighted by molar-refractivity contribution is -0.0580. The van der Waals surface area contributed by atoms with Crippen molar-refractivity contribution >= 4 is 11.4 Å². The van der Waals surface area contributed by atoms with Crippen molar-refractivity contribution in [2.75, 3.05) is 0 Å². The minimum Gasteiger partial charge on any atom is -0.243 e. The van der Waals surface area contributed by atoms with Crippen LogP contribution in [-0.2, 0) is 0 Å². The molecule has 0 radical (unpaired) electrons. The van der Waals surface area contributed by atoms with Gasteiger partial charge in [0.1, 0.15) is 0 Å². The molecule has 0 aromatic heterocycles. The van der Waals surface area contributed by atoms with E-state index in [9.17, 15) is 13.2 Å². The van der Waals surface area contributed by atoms with Crippen molar-refractivity contribution in [2.45, 2.75) is 20.0 Å². The molecule has 0 aliphatic rings. The van der Waals surface area contributed by atoms with E-state index in [1.807, 2.05) is 0 Å². The van der Waals surface area contributed by atoms with Gasteiger partial charge in [-0.2, -0.15) is 13.2 Å². The van der Waals surface area contributed by atoms with Gasteiger partial charge in [0.25, 0.3) is 0 Å². The van der Waals surface area contributed by atoms with E-state index in [1.165, 1.54) is 12.2 Å². The molecule has 96 valence electrons. The standard InChI is InChI=1S/C14H14F3N/c1-4-7-11(3)13(14(15,16)17)18-12-9-6-5-8-10(12)2/h4-9H,3H2,1-2H3/b7-4+,18-13?. The van der Waals surface area contributed by atoms with E-state index in [4.69, 9.17) is 0 Å². The smallest absolute Gasteiger partial charge is 0.243 e. The first-order chi connectivity index (χ1) is 8.36. The summed E-state index contributed by atoms with van der Waals surface area (Å²) in [5, 5.41) is 0. The van der Waals surface area contributed by atoms with Crippen molar-refractivity contribution in [3.63, 3.8) is 0 Å². The fourth-order valence-corrected chi connectivity index (χ4v) is 1.41. The lowest BCUT2D eigenvalue weighted by atomic mass is 10.1. The molecule has 4 heteroatoms. The molecule has 0 unspecified atom stereocenters. The molecule has 0 N–H and O–H groups in total. The van der Waals surface area contributed by atoms with Crippen molar-refractivity contribution in [2.24, 2.45) is 4.99 Å². The highest BCUT2D eigenvalue weighted by atomic mass is 19.4. The van der Waals surface area contributed by atoms with E-state index >= 15 is 0 Å². The van der Waals surface area contributed by atoms with Crippen LogP contribution >= 0.6 is 0 Å². The number of hydrogen-bond acceptors (Lipinski definition) is 1. The highest BCUT2D eigenvalue weighted by Gasteiger charge is 2.36. The number of benzene rings is 1. The lowest BCUT2D eigenvalue weighted by Crippen LogP contribution is -2.23. The van der Waals surface area contributed by atoms with Gasteiger partial charge >= 0.3 is 6.18 Å². The first-order valence-electron chi connectivity index (χ1n) is 5.39. The molecule has 0 aliphatic heterocycles. The maximum absolute atomic E-state index is 12.9. The molecule has 18 heavy (non-hydrogen) atoms. The summed E-state index contributed by atoms with van der Waals surface area (Å²) in [6.45, 7) is 6.74. The summed E-state index contributed by atoms with van der Waals surface area (Å²) in [5.74, 6) is 0. The van der Waals surface area contributed by atoms with Crippen LogP contribution in [0.4, 0.5) is 18.9 Å². The molecule has 0 spiro atoms. The summed E-state index contributed by atoms with van der Waals surface area (Å²) in [5.41, 5.74) is -0.119. The Morgan fingerprint density at radius 1 is 1.28 bits per heavy atom. The average molecular weight is 253 g/mol. The molecule has 1 nitrogen and oxygen atoms in total. The van der Waals surface area contributed by atoms with Crippen molar-refractivity contribution in [1.29, 1.82) is 0 Å². The van der Waals surface area contributed by atoms with Crippen LogP contribution < -0.4 is 0 Å². The van der Waals surface area contributed by atoms with Crippen LogP contribution in [0.2, 0.25) is 0 Å². The van der Waals surface area contributed by atoms with Crippen LogP contribution in [-0.4, -0.2) is 11.9 Å². The monoisotopic (exact) mass is 253 g/mol. The lowest BCUT2D eigenvalue weighted by Gasteiger charge is -2.11. The fourth-order valence-electron chi connectivity index (χ4n) is 1.41. The third-order valence-electron chi connectivity index (χ3n) is 2.29. The van der Waals surface area contributed by atoms with Gasteiger partial charge in [-0.3, -0.25) is 0 Å². The van der Waals surface area contributed by atoms with Crippen LogP contribution in [0.5, 0.6) is 0 Å². The van der Waals surface area contributed by atoms with Crippen molar-refractivity contribution in [1.82, 2.24) is 0 Å². The topological polar surface area (TPSA) is 12.4 Å². The van der Waals surface area contributed by atoms with Crippen LogP contribution in [0.25, 0.3) is 0 Å². The molecule has 0 fully saturated rings. The Morgan fingerprint density at radius 2 is 1.89 bits per heavy atom. The van der Waals surface area contributed by atoms with Crippen LogP contribution in [0.3, 0.4) is 0 Å². The van der Waals surface area contributed by atoms with Gasteiger partial charge in [-0.25, -0.2) is 4.99 Å². The van der Waals surface area contributed by atoms with E-state index in [-0.39, 0.29) is 5.57 Å². The summed E-state index contributed by atoms with van der Waals surface area (Å²) in [6.07, 6.45) is -1.72. The quantitative estimate of drug-likeness (QED) is 0.544. The van der Waals surface area contributed by atoms with Gasteiger partial charge in [0.15, 0.2) is 5.71 Å². The average Bonchev–Trinajstić information content (AvgIpc) is 2.26. The summed E-state index contributed by atoms with van der Waals surface area (Å²) in [4.78, 5) is 3.69. The van der Waals surface area contributed by atoms with Gasteiger partial charge in [-0.15, -0.1) is 0 Å². The number of para-hydroxylation sites is 1. The summed E-state index contributed by atoms with van der Waals surface area (Å²) >= 11 is 0. The Labute approximate surface area is 104 Å². The summed E-state index contributed by atoms with van der Waals surface area (Å²) < 4.78 is 38.7. The van der Waals surface area contributed by atoms with Gasteiger partial charge in [-0.05, 0) is 31.1 Å². The second-order valence-electron chi connectivity index (χ2n) is 3.77. The normalized spacial score (nSPS) is 13.1. The van der Waals surface area contributed by atoms with Crippen molar-refractivity contribution in [3.8, 4) is 0 Å². The second kappa shape index (κ2) is 5.67. The molecule has 0 bridgehead atoms. The van der Waals surface area contributed by atoms with E-state index in [0.29, 0.717) is 11.3 Å². The predicted octanol–water partition coefficient (Wildman–Crippen LogP) is 4.76. The predicted molar refractivity (Wildman–Crippen MR) is 68.3 cm³/mol. The molecular weight excluding hydrogens is 239 g/mol. The number of aliphatic imine (C=N–C) groups is 1. The Hall–Kier alpha value is -1.84. The SMILES string of the molecule is C=C(/C=C/C)C(=Nc1ccccc1C)C(F)(F)F. The summed E-state index contributed by atoms with van der Waals surface area (Å²) in [6, 6.07) is 6.66. The van der Waals surface area contributed by atoms with Gasteiger partial charge in [-0.1, -0.05) is 36.9 Å². The van der Waals surface area contributed by atoms with E-state index in [1.54, 1.807) is 38.1 Å². The molecule has 0 saturated heterocycles. The van der Waals surface area contributed by atoms with Crippen molar-refractivity contribution in [3.05, 3.63) is 54.1 Å². The highest BCUT2D eigenvalue weighted by molar-refractivity contribution is 6.07. The minimum absolute atomic E-state index is 0.145. The third kappa shape index (κ3) is 3.58. The summed E-state index contributed by atoms with van der Waals surface area (Å²) in [7, 11) is 0. The molecule has 0 saturated carbocycles. The Kier molecular flexibility index (Phi) is 4.48. The van der Waals surface area contributed by atoms with Crippen molar-refractivity contribution < 1.29 is 13.2 Å². The number of alkyl halides is 3. The first-order valence-corrected chi connectivity index (χ1v) is 5.39. The maximum atomic E-state index is 12.9. The molecule has 0 amide bonds. The number of aryl methyl sites for hydroxylation is 1. The molecular formula is C14H14F3N. The molecule has 0 aliphatic carbocycles. The van der Waals surface area contributed by atoms with E-state index in [2.05, 4.69) is 11.6 Å². The fraction of sp³-hybridized carbons (Fsp3) is 0.214. The first kappa shape index (κ1) is 14.2. The van der Waals surface area contributed by atoms with Crippen LogP contribution in [0.1, 0.15) is 12.5 Å². The van der Waals surface area contributed by atoms with Gasteiger partial charge in [0.05, 0.1) is 5.69 Å². The molecule has 0 atom stereocenters. The molecule has 1 aromatic carbocycles. The van der Waals surface area contributed by atoms with Crippen LogP contribution in [0, 0.1) is 6.92 Å². The Bertz CT molecular complexity index is 496. The number of halogens is 3. The zero-order valence-electron chi connectivity index (χ0n) is 10.3. The van der Waals surface area contributed by atoms with E-state index < -0.39 is 11.9 Å².